The Morgan fingerprint density at radius 3 is 2.48 bits per heavy atom. The van der Waals surface area contributed by atoms with Crippen LogP contribution in [0.3, 0.4) is 0 Å². The minimum absolute atomic E-state index is 0.0887. The molecule has 0 saturated heterocycles. The van der Waals surface area contributed by atoms with Crippen LogP contribution in [0.2, 0.25) is 0 Å². The van der Waals surface area contributed by atoms with E-state index in [4.69, 9.17) is 0 Å². The van der Waals surface area contributed by atoms with Crippen molar-refractivity contribution in [1.29, 1.82) is 0 Å². The van der Waals surface area contributed by atoms with E-state index < -0.39 is 0 Å². The van der Waals surface area contributed by atoms with Crippen molar-refractivity contribution in [2.24, 2.45) is 0 Å². The van der Waals surface area contributed by atoms with Gasteiger partial charge in [0.05, 0.1) is 6.61 Å². The van der Waals surface area contributed by atoms with Crippen molar-refractivity contribution in [3.63, 3.8) is 0 Å². The van der Waals surface area contributed by atoms with E-state index in [-0.39, 0.29) is 12.6 Å². The summed E-state index contributed by atoms with van der Waals surface area (Å²) >= 11 is 0. The van der Waals surface area contributed by atoms with Gasteiger partial charge in [-0.05, 0) is 35.7 Å². The third-order valence-electron chi connectivity index (χ3n) is 3.67. The molecule has 0 radical (unpaired) electrons. The van der Waals surface area contributed by atoms with Gasteiger partial charge in [0.25, 0.3) is 0 Å². The molecule has 0 aliphatic heterocycles. The molecule has 0 aromatic heterocycles. The van der Waals surface area contributed by atoms with Crippen LogP contribution in [-0.2, 0) is 13.2 Å². The second-order valence-corrected chi connectivity index (χ2v) is 5.57. The van der Waals surface area contributed by atoms with E-state index in [0.717, 1.165) is 12.1 Å². The van der Waals surface area contributed by atoms with Crippen LogP contribution < -0.4 is 10.2 Å². The second kappa shape index (κ2) is 7.25. The number of nitrogens with one attached hydrogen (secondary N) is 1. The van der Waals surface area contributed by atoms with E-state index in [9.17, 15) is 5.11 Å². The molecule has 0 spiro atoms. The van der Waals surface area contributed by atoms with Crippen LogP contribution in [0.1, 0.15) is 29.7 Å². The Hall–Kier alpha value is -1.84. The summed E-state index contributed by atoms with van der Waals surface area (Å²) in [5, 5.41) is 12.7. The van der Waals surface area contributed by atoms with Gasteiger partial charge in [-0.1, -0.05) is 36.4 Å². The SMILES string of the molecule is CC(NCc1cccc(N(C)C)c1)c1cccc(CO)c1. The van der Waals surface area contributed by atoms with Gasteiger partial charge in [0.15, 0.2) is 0 Å². The van der Waals surface area contributed by atoms with E-state index >= 15 is 0 Å². The molecule has 0 saturated carbocycles. The van der Waals surface area contributed by atoms with Crippen molar-refractivity contribution in [3.05, 3.63) is 65.2 Å². The van der Waals surface area contributed by atoms with Gasteiger partial charge in [-0.25, -0.2) is 0 Å². The average Bonchev–Trinajstić information content (AvgIpc) is 2.53. The smallest absolute Gasteiger partial charge is 0.0681 e. The molecule has 0 fully saturated rings. The van der Waals surface area contributed by atoms with Gasteiger partial charge >= 0.3 is 0 Å². The molecule has 0 aliphatic carbocycles. The van der Waals surface area contributed by atoms with Crippen LogP contribution >= 0.6 is 0 Å². The third kappa shape index (κ3) is 4.31. The molecule has 1 unspecified atom stereocenters. The minimum Gasteiger partial charge on any atom is -0.392 e. The normalized spacial score (nSPS) is 12.2. The summed E-state index contributed by atoms with van der Waals surface area (Å²) < 4.78 is 0. The van der Waals surface area contributed by atoms with Crippen LogP contribution in [0.25, 0.3) is 0 Å². The number of rotatable bonds is 6. The molecule has 2 rings (SSSR count). The number of anilines is 1. The van der Waals surface area contributed by atoms with Crippen LogP contribution in [0.5, 0.6) is 0 Å². The number of benzene rings is 2. The molecule has 0 amide bonds. The van der Waals surface area contributed by atoms with Crippen LogP contribution in [0, 0.1) is 0 Å². The predicted molar refractivity (Wildman–Crippen MR) is 88.4 cm³/mol. The van der Waals surface area contributed by atoms with Gasteiger partial charge in [-0.2, -0.15) is 0 Å². The first-order valence-electron chi connectivity index (χ1n) is 7.29. The van der Waals surface area contributed by atoms with Gasteiger partial charge in [0.2, 0.25) is 0 Å². The minimum atomic E-state index is 0.0887. The quantitative estimate of drug-likeness (QED) is 0.855. The van der Waals surface area contributed by atoms with Crippen molar-refractivity contribution < 1.29 is 5.11 Å². The van der Waals surface area contributed by atoms with Crippen LogP contribution in [0.15, 0.2) is 48.5 Å². The maximum Gasteiger partial charge on any atom is 0.0681 e. The van der Waals surface area contributed by atoms with E-state index in [1.165, 1.54) is 16.8 Å². The molecule has 1 atom stereocenters. The molecular formula is C18H24N2O. The molecular weight excluding hydrogens is 260 g/mol. The predicted octanol–water partition coefficient (Wildman–Crippen LogP) is 3.10. The van der Waals surface area contributed by atoms with Crippen molar-refractivity contribution in [2.45, 2.75) is 26.1 Å². The third-order valence-corrected chi connectivity index (χ3v) is 3.67. The molecule has 0 bridgehead atoms. The Labute approximate surface area is 127 Å². The summed E-state index contributed by atoms with van der Waals surface area (Å²) in [5.41, 5.74) is 4.64. The lowest BCUT2D eigenvalue weighted by Crippen LogP contribution is -2.18. The lowest BCUT2D eigenvalue weighted by atomic mass is 10.0. The zero-order chi connectivity index (χ0) is 15.2. The second-order valence-electron chi connectivity index (χ2n) is 5.57. The number of hydrogen-bond donors (Lipinski definition) is 2. The monoisotopic (exact) mass is 284 g/mol. The highest BCUT2D eigenvalue weighted by Gasteiger charge is 2.06. The summed E-state index contributed by atoms with van der Waals surface area (Å²) in [6, 6.07) is 16.9. The van der Waals surface area contributed by atoms with E-state index in [0.29, 0.717) is 0 Å². The first-order chi connectivity index (χ1) is 10.1. The van der Waals surface area contributed by atoms with Gasteiger partial charge in [-0.15, -0.1) is 0 Å². The summed E-state index contributed by atoms with van der Waals surface area (Å²) in [5.74, 6) is 0. The Morgan fingerprint density at radius 1 is 1.05 bits per heavy atom. The van der Waals surface area contributed by atoms with Crippen LogP contribution in [-0.4, -0.2) is 19.2 Å². The van der Waals surface area contributed by atoms with Crippen molar-refractivity contribution >= 4 is 5.69 Å². The average molecular weight is 284 g/mol. The topological polar surface area (TPSA) is 35.5 Å². The zero-order valence-corrected chi connectivity index (χ0v) is 13.0. The Balaban J connectivity index is 2.00. The first kappa shape index (κ1) is 15.5. The Morgan fingerprint density at radius 2 is 1.76 bits per heavy atom. The van der Waals surface area contributed by atoms with Gasteiger partial charge in [-0.3, -0.25) is 0 Å². The highest BCUT2D eigenvalue weighted by atomic mass is 16.3. The molecule has 2 aromatic rings. The molecule has 2 N–H and O–H groups in total. The summed E-state index contributed by atoms with van der Waals surface area (Å²) in [7, 11) is 4.10. The Bertz CT molecular complexity index is 581. The molecule has 2 aromatic carbocycles. The lowest BCUT2D eigenvalue weighted by Gasteiger charge is -2.17. The number of hydrogen-bond acceptors (Lipinski definition) is 3. The first-order valence-corrected chi connectivity index (χ1v) is 7.29. The molecule has 0 heterocycles. The fourth-order valence-electron chi connectivity index (χ4n) is 2.29. The molecule has 3 heteroatoms. The molecule has 3 nitrogen and oxygen atoms in total. The maximum atomic E-state index is 9.21. The summed E-state index contributed by atoms with van der Waals surface area (Å²) in [6.45, 7) is 3.06. The van der Waals surface area contributed by atoms with Gasteiger partial charge in [0, 0.05) is 32.4 Å². The van der Waals surface area contributed by atoms with Gasteiger partial charge < -0.3 is 15.3 Å². The molecule has 21 heavy (non-hydrogen) atoms. The molecule has 112 valence electrons. The number of aliphatic hydroxyl groups excluding tert-OH is 1. The van der Waals surface area contributed by atoms with E-state index in [1.807, 2.05) is 18.2 Å². The van der Waals surface area contributed by atoms with Crippen LogP contribution in [0.4, 0.5) is 5.69 Å². The fourth-order valence-corrected chi connectivity index (χ4v) is 2.29. The number of aliphatic hydroxyl groups is 1. The Kier molecular flexibility index (Phi) is 5.37. The standard InChI is InChI=1S/C18H24N2O/c1-14(17-8-4-7-16(10-17)13-21)19-12-15-6-5-9-18(11-15)20(2)3/h4-11,14,19,21H,12-13H2,1-3H3. The van der Waals surface area contributed by atoms with E-state index in [1.54, 1.807) is 0 Å². The largest absolute Gasteiger partial charge is 0.392 e. The summed E-state index contributed by atoms with van der Waals surface area (Å²) in [4.78, 5) is 2.11. The lowest BCUT2D eigenvalue weighted by molar-refractivity contribution is 0.281. The van der Waals surface area contributed by atoms with Gasteiger partial charge in [0.1, 0.15) is 0 Å². The fraction of sp³-hybridized carbons (Fsp3) is 0.333. The summed E-state index contributed by atoms with van der Waals surface area (Å²) in [6.07, 6.45) is 0. The van der Waals surface area contributed by atoms with Crippen molar-refractivity contribution in [1.82, 2.24) is 5.32 Å². The highest BCUT2D eigenvalue weighted by Crippen LogP contribution is 2.17. The highest BCUT2D eigenvalue weighted by molar-refractivity contribution is 5.47. The van der Waals surface area contributed by atoms with E-state index in [2.05, 4.69) is 61.6 Å². The van der Waals surface area contributed by atoms with Crippen molar-refractivity contribution in [2.75, 3.05) is 19.0 Å². The van der Waals surface area contributed by atoms with Crippen molar-refractivity contribution in [3.8, 4) is 0 Å². The number of nitrogens with zero attached hydrogens (tertiary/aromatic N) is 1. The molecule has 0 aliphatic rings. The zero-order valence-electron chi connectivity index (χ0n) is 13.0. The maximum absolute atomic E-state index is 9.21.